The minimum absolute atomic E-state index is 0.599. The zero-order chi connectivity index (χ0) is 42.0. The molecule has 0 aliphatic carbocycles. The molecule has 0 bridgehead atoms. The van der Waals surface area contributed by atoms with Gasteiger partial charge in [0.05, 0.1) is 11.4 Å². The first-order valence-corrected chi connectivity index (χ1v) is 21.1. The Labute approximate surface area is 366 Å². The Morgan fingerprint density at radius 3 is 1.05 bits per heavy atom. The summed E-state index contributed by atoms with van der Waals surface area (Å²) in [6, 6.07) is 80.2. The number of benzene rings is 8. The Morgan fingerprint density at radius 2 is 0.571 bits per heavy atom. The Morgan fingerprint density at radius 1 is 0.238 bits per heavy atom. The summed E-state index contributed by atoms with van der Waals surface area (Å²) in [6.45, 7) is 0. The highest BCUT2D eigenvalue weighted by Crippen LogP contribution is 2.37. The maximum absolute atomic E-state index is 5.22. The summed E-state index contributed by atoms with van der Waals surface area (Å²) in [5.74, 6) is 1.82. The van der Waals surface area contributed by atoms with Gasteiger partial charge in [-0.3, -0.25) is 4.40 Å². The summed E-state index contributed by atoms with van der Waals surface area (Å²) in [5, 5.41) is 0. The molecular weight excluding hydrogens is 767 g/mol. The average Bonchev–Trinajstić information content (AvgIpc) is 3.77. The lowest BCUT2D eigenvalue weighted by Crippen LogP contribution is -2.00. The van der Waals surface area contributed by atoms with Gasteiger partial charge in [-0.05, 0) is 74.8 Å². The summed E-state index contributed by atoms with van der Waals surface area (Å²) in [4.78, 5) is 20.7. The van der Waals surface area contributed by atoms with Crippen LogP contribution >= 0.6 is 0 Å². The van der Waals surface area contributed by atoms with Crippen molar-refractivity contribution in [3.8, 4) is 101 Å². The number of aromatic nitrogens is 5. The summed E-state index contributed by atoms with van der Waals surface area (Å²) >= 11 is 0. The van der Waals surface area contributed by atoms with Crippen molar-refractivity contribution >= 4 is 5.65 Å². The number of hydrogen-bond acceptors (Lipinski definition) is 4. The molecule has 0 atom stereocenters. The highest BCUT2D eigenvalue weighted by atomic mass is 15.0. The monoisotopic (exact) mass is 805 g/mol. The van der Waals surface area contributed by atoms with Crippen molar-refractivity contribution in [3.05, 3.63) is 237 Å². The molecule has 63 heavy (non-hydrogen) atoms. The molecule has 5 heteroatoms. The van der Waals surface area contributed by atoms with Crippen molar-refractivity contribution in [3.63, 3.8) is 0 Å². The molecule has 8 aromatic carbocycles. The Balaban J connectivity index is 1.03. The molecule has 0 spiro atoms. The predicted molar refractivity (Wildman–Crippen MR) is 258 cm³/mol. The molecule has 296 valence electrons. The standard InChI is InChI=1S/C58H39N5/c1-5-15-40(16-6-1)43-26-32-48(33-27-43)56-60-57(49-34-28-44(29-35-49)41-17-7-2-8-18-41)62-58(61-56)52-38-50(42-19-9-3-10-20-42)37-51(39-52)45-24-30-46(31-25-45)54-55(47-21-11-4-12-22-47)63-36-14-13-23-53(63)59-54/h1-39H. The van der Waals surface area contributed by atoms with Crippen LogP contribution in [0.4, 0.5) is 0 Å². The molecular formula is C58H39N5. The molecule has 3 heterocycles. The van der Waals surface area contributed by atoms with E-state index in [-0.39, 0.29) is 0 Å². The Hall–Kier alpha value is -8.54. The minimum atomic E-state index is 0.599. The number of hydrogen-bond donors (Lipinski definition) is 0. The predicted octanol–water partition coefficient (Wildman–Crippen LogP) is 14.5. The maximum Gasteiger partial charge on any atom is 0.164 e. The normalized spacial score (nSPS) is 11.2. The van der Waals surface area contributed by atoms with Gasteiger partial charge >= 0.3 is 0 Å². The molecule has 0 aliphatic rings. The van der Waals surface area contributed by atoms with Crippen LogP contribution in [0, 0.1) is 0 Å². The zero-order valence-electron chi connectivity index (χ0n) is 34.3. The maximum atomic E-state index is 5.22. The molecule has 11 rings (SSSR count). The van der Waals surface area contributed by atoms with Crippen LogP contribution in [-0.4, -0.2) is 24.3 Å². The summed E-state index contributed by atoms with van der Waals surface area (Å²) in [6.07, 6.45) is 2.08. The molecule has 11 aromatic rings. The SMILES string of the molecule is c1ccc(-c2ccc(-c3nc(-c4ccc(-c5ccccc5)cc4)nc(-c4cc(-c5ccccc5)cc(-c5ccc(-c6nc7ccccn7c6-c6ccccc6)cc5)c4)n3)cc2)cc1. The van der Waals surface area contributed by atoms with E-state index in [4.69, 9.17) is 19.9 Å². The second kappa shape index (κ2) is 16.5. The zero-order valence-corrected chi connectivity index (χ0v) is 34.3. The number of imidazole rings is 1. The lowest BCUT2D eigenvalue weighted by atomic mass is 9.94. The van der Waals surface area contributed by atoms with Gasteiger partial charge in [-0.2, -0.15) is 0 Å². The van der Waals surface area contributed by atoms with Crippen molar-refractivity contribution < 1.29 is 0 Å². The third kappa shape index (κ3) is 7.60. The van der Waals surface area contributed by atoms with E-state index in [1.165, 1.54) is 0 Å². The van der Waals surface area contributed by atoms with Crippen molar-refractivity contribution in [2.75, 3.05) is 0 Å². The van der Waals surface area contributed by atoms with Gasteiger partial charge in [0.15, 0.2) is 17.5 Å². The Bertz CT molecular complexity index is 3230. The van der Waals surface area contributed by atoms with E-state index < -0.39 is 0 Å². The molecule has 0 fully saturated rings. The molecule has 0 saturated carbocycles. The average molecular weight is 806 g/mol. The third-order valence-electron chi connectivity index (χ3n) is 11.5. The molecule has 0 unspecified atom stereocenters. The molecule has 0 amide bonds. The van der Waals surface area contributed by atoms with E-state index in [2.05, 4.69) is 205 Å². The summed E-state index contributed by atoms with van der Waals surface area (Å²) in [7, 11) is 0. The Kier molecular flexibility index (Phi) is 9.80. The minimum Gasteiger partial charge on any atom is -0.299 e. The van der Waals surface area contributed by atoms with Gasteiger partial charge in [-0.15, -0.1) is 0 Å². The van der Waals surface area contributed by atoms with E-state index in [1.807, 2.05) is 36.4 Å². The van der Waals surface area contributed by atoms with Gasteiger partial charge in [-0.25, -0.2) is 19.9 Å². The van der Waals surface area contributed by atoms with Crippen LogP contribution in [-0.2, 0) is 0 Å². The van der Waals surface area contributed by atoms with E-state index in [1.54, 1.807) is 0 Å². The van der Waals surface area contributed by atoms with E-state index in [9.17, 15) is 0 Å². The van der Waals surface area contributed by atoms with Crippen molar-refractivity contribution in [2.24, 2.45) is 0 Å². The van der Waals surface area contributed by atoms with Crippen LogP contribution in [0.15, 0.2) is 237 Å². The van der Waals surface area contributed by atoms with E-state index in [0.717, 1.165) is 89.4 Å². The van der Waals surface area contributed by atoms with Crippen molar-refractivity contribution in [1.82, 2.24) is 24.3 Å². The summed E-state index contributed by atoms with van der Waals surface area (Å²) in [5.41, 5.74) is 16.7. The number of rotatable bonds is 9. The molecule has 0 aliphatic heterocycles. The fraction of sp³-hybridized carbons (Fsp3) is 0. The molecule has 5 nitrogen and oxygen atoms in total. The quantitative estimate of drug-likeness (QED) is 0.146. The largest absolute Gasteiger partial charge is 0.299 e. The van der Waals surface area contributed by atoms with Crippen molar-refractivity contribution in [2.45, 2.75) is 0 Å². The molecule has 3 aromatic heterocycles. The molecule has 0 N–H and O–H groups in total. The number of nitrogens with zero attached hydrogens (tertiary/aromatic N) is 5. The van der Waals surface area contributed by atoms with Gasteiger partial charge in [0.1, 0.15) is 5.65 Å². The highest BCUT2D eigenvalue weighted by molar-refractivity contribution is 5.85. The lowest BCUT2D eigenvalue weighted by Gasteiger charge is -2.13. The molecule has 0 saturated heterocycles. The molecule has 0 radical (unpaired) electrons. The van der Waals surface area contributed by atoms with E-state index in [0.29, 0.717) is 17.5 Å². The smallest absolute Gasteiger partial charge is 0.164 e. The van der Waals surface area contributed by atoms with Crippen LogP contribution in [0.5, 0.6) is 0 Å². The van der Waals surface area contributed by atoms with Gasteiger partial charge in [0, 0.05) is 34.0 Å². The fourth-order valence-corrected chi connectivity index (χ4v) is 8.26. The second-order valence-electron chi connectivity index (χ2n) is 15.5. The summed E-state index contributed by atoms with van der Waals surface area (Å²) < 4.78 is 2.17. The topological polar surface area (TPSA) is 56.0 Å². The first kappa shape index (κ1) is 37.5. The highest BCUT2D eigenvalue weighted by Gasteiger charge is 2.18. The van der Waals surface area contributed by atoms with Crippen LogP contribution in [0.3, 0.4) is 0 Å². The van der Waals surface area contributed by atoms with E-state index >= 15 is 0 Å². The van der Waals surface area contributed by atoms with Gasteiger partial charge < -0.3 is 0 Å². The van der Waals surface area contributed by atoms with Crippen LogP contribution in [0.1, 0.15) is 0 Å². The van der Waals surface area contributed by atoms with Gasteiger partial charge in [-0.1, -0.05) is 200 Å². The van der Waals surface area contributed by atoms with Crippen molar-refractivity contribution in [1.29, 1.82) is 0 Å². The second-order valence-corrected chi connectivity index (χ2v) is 15.5. The first-order chi connectivity index (χ1) is 31.2. The van der Waals surface area contributed by atoms with Gasteiger partial charge in [0.25, 0.3) is 0 Å². The lowest BCUT2D eigenvalue weighted by molar-refractivity contribution is 1.07. The van der Waals surface area contributed by atoms with Crippen LogP contribution in [0.25, 0.3) is 107 Å². The first-order valence-electron chi connectivity index (χ1n) is 21.1. The van der Waals surface area contributed by atoms with Gasteiger partial charge in [0.2, 0.25) is 0 Å². The fourth-order valence-electron chi connectivity index (χ4n) is 8.26. The number of pyridine rings is 1. The third-order valence-corrected chi connectivity index (χ3v) is 11.5. The van der Waals surface area contributed by atoms with Crippen LogP contribution in [0.2, 0.25) is 0 Å². The number of fused-ring (bicyclic) bond motifs is 1. The van der Waals surface area contributed by atoms with Crippen LogP contribution < -0.4 is 0 Å².